The summed E-state index contributed by atoms with van der Waals surface area (Å²) in [4.78, 5) is 28.7. The van der Waals surface area contributed by atoms with Gasteiger partial charge in [-0.2, -0.15) is 0 Å². The van der Waals surface area contributed by atoms with Crippen LogP contribution in [0.5, 0.6) is 5.75 Å². The average Bonchev–Trinajstić information content (AvgIpc) is 3.01. The summed E-state index contributed by atoms with van der Waals surface area (Å²) in [6.45, 7) is 1.48. The maximum atomic E-state index is 13.1. The topological polar surface area (TPSA) is 80.9 Å². The molecular formula is C21H14N2O4. The summed E-state index contributed by atoms with van der Waals surface area (Å²) >= 11 is 0. The van der Waals surface area contributed by atoms with E-state index in [-0.39, 0.29) is 5.56 Å². The molecule has 3 aromatic heterocycles. The van der Waals surface area contributed by atoms with Gasteiger partial charge in [0.25, 0.3) is 5.56 Å². The van der Waals surface area contributed by atoms with Crippen molar-refractivity contribution in [1.29, 1.82) is 0 Å². The molecule has 6 nitrogen and oxygen atoms in total. The molecule has 0 aliphatic heterocycles. The molecule has 27 heavy (non-hydrogen) atoms. The Bertz CT molecular complexity index is 1420. The lowest BCUT2D eigenvalue weighted by molar-refractivity contribution is -0.144. The molecule has 0 unspecified atom stereocenters. The lowest BCUT2D eigenvalue weighted by Gasteiger charge is -2.10. The normalized spacial score (nSPS) is 12.9. The highest BCUT2D eigenvalue weighted by molar-refractivity contribution is 6.18. The van der Waals surface area contributed by atoms with Gasteiger partial charge in [0.15, 0.2) is 6.10 Å². The van der Waals surface area contributed by atoms with Gasteiger partial charge in [-0.15, -0.1) is 0 Å². The number of ether oxygens (including phenoxy) is 1. The van der Waals surface area contributed by atoms with Crippen LogP contribution in [0.25, 0.3) is 38.1 Å². The highest BCUT2D eigenvalue weighted by Gasteiger charge is 2.19. The standard InChI is InChI=1S/C21H14N2O4/c1-11(21(25)26)27-12-6-7-17-16(10-12)14-8-9-22-18-13-4-2-3-5-15(13)20(24)23(17)19(14)18/h2-11H,1H3,(H,25,26)/t11-/m1/s1. The van der Waals surface area contributed by atoms with Crippen molar-refractivity contribution >= 4 is 44.1 Å². The summed E-state index contributed by atoms with van der Waals surface area (Å²) in [5.74, 6) is -0.591. The largest absolute Gasteiger partial charge is 0.479 e. The Kier molecular flexibility index (Phi) is 3.12. The van der Waals surface area contributed by atoms with Crippen LogP contribution in [-0.2, 0) is 4.79 Å². The number of carbonyl (C=O) groups is 1. The number of pyridine rings is 2. The fraction of sp³-hybridized carbons (Fsp3) is 0.0952. The fourth-order valence-electron chi connectivity index (χ4n) is 3.68. The Balaban J connectivity index is 1.92. The minimum absolute atomic E-state index is 0.0985. The first kappa shape index (κ1) is 15.6. The second kappa shape index (κ2) is 5.41. The minimum Gasteiger partial charge on any atom is -0.479 e. The van der Waals surface area contributed by atoms with E-state index in [9.17, 15) is 9.59 Å². The van der Waals surface area contributed by atoms with Crippen molar-refractivity contribution in [2.75, 3.05) is 0 Å². The molecule has 0 fully saturated rings. The number of carboxylic acid groups (broad SMARTS) is 1. The van der Waals surface area contributed by atoms with Crippen LogP contribution in [-0.4, -0.2) is 26.6 Å². The van der Waals surface area contributed by atoms with E-state index in [0.717, 1.165) is 32.7 Å². The van der Waals surface area contributed by atoms with E-state index >= 15 is 0 Å². The molecule has 132 valence electrons. The van der Waals surface area contributed by atoms with E-state index < -0.39 is 12.1 Å². The van der Waals surface area contributed by atoms with E-state index in [2.05, 4.69) is 4.98 Å². The van der Waals surface area contributed by atoms with Crippen molar-refractivity contribution in [3.63, 3.8) is 0 Å². The molecule has 0 amide bonds. The summed E-state index contributed by atoms with van der Waals surface area (Å²) in [5.41, 5.74) is 2.17. The van der Waals surface area contributed by atoms with Crippen molar-refractivity contribution in [3.05, 3.63) is 65.1 Å². The molecule has 0 saturated heterocycles. The third-order valence-corrected chi connectivity index (χ3v) is 4.92. The van der Waals surface area contributed by atoms with Crippen LogP contribution in [0.2, 0.25) is 0 Å². The summed E-state index contributed by atoms with van der Waals surface area (Å²) < 4.78 is 7.18. The Hall–Kier alpha value is -3.67. The molecule has 5 rings (SSSR count). The molecule has 0 bridgehead atoms. The van der Waals surface area contributed by atoms with Gasteiger partial charge < -0.3 is 9.84 Å². The fourth-order valence-corrected chi connectivity index (χ4v) is 3.68. The van der Waals surface area contributed by atoms with Crippen LogP contribution in [0.4, 0.5) is 0 Å². The van der Waals surface area contributed by atoms with E-state index in [0.29, 0.717) is 11.1 Å². The average molecular weight is 358 g/mol. The second-order valence-electron chi connectivity index (χ2n) is 6.52. The third-order valence-electron chi connectivity index (χ3n) is 4.92. The maximum Gasteiger partial charge on any atom is 0.344 e. The van der Waals surface area contributed by atoms with Crippen molar-refractivity contribution in [2.24, 2.45) is 0 Å². The monoisotopic (exact) mass is 358 g/mol. The number of aromatic nitrogens is 2. The number of fused-ring (bicyclic) bond motifs is 5. The Labute approximate surface area is 152 Å². The van der Waals surface area contributed by atoms with Gasteiger partial charge in [-0.05, 0) is 37.3 Å². The highest BCUT2D eigenvalue weighted by atomic mass is 16.5. The first-order chi connectivity index (χ1) is 13.1. The van der Waals surface area contributed by atoms with Crippen LogP contribution in [0, 0.1) is 0 Å². The molecule has 0 radical (unpaired) electrons. The van der Waals surface area contributed by atoms with Crippen LogP contribution in [0.1, 0.15) is 6.92 Å². The van der Waals surface area contributed by atoms with Crippen molar-refractivity contribution < 1.29 is 14.6 Å². The van der Waals surface area contributed by atoms with Gasteiger partial charge in [0.1, 0.15) is 5.75 Å². The molecule has 0 spiro atoms. The number of aliphatic carboxylic acids is 1. The van der Waals surface area contributed by atoms with Crippen LogP contribution in [0.15, 0.2) is 59.5 Å². The summed E-state index contributed by atoms with van der Waals surface area (Å²) in [6, 6.07) is 14.6. The minimum atomic E-state index is -1.03. The number of rotatable bonds is 3. The Morgan fingerprint density at radius 2 is 1.85 bits per heavy atom. The molecule has 3 heterocycles. The van der Waals surface area contributed by atoms with Gasteiger partial charge >= 0.3 is 5.97 Å². The predicted molar refractivity (Wildman–Crippen MR) is 103 cm³/mol. The van der Waals surface area contributed by atoms with Gasteiger partial charge in [-0.3, -0.25) is 14.2 Å². The lowest BCUT2D eigenvalue weighted by atomic mass is 10.1. The molecular weight excluding hydrogens is 344 g/mol. The van der Waals surface area contributed by atoms with Crippen LogP contribution >= 0.6 is 0 Å². The van der Waals surface area contributed by atoms with Crippen LogP contribution in [0.3, 0.4) is 0 Å². The van der Waals surface area contributed by atoms with E-state index in [1.165, 1.54) is 6.92 Å². The molecule has 5 aromatic rings. The van der Waals surface area contributed by atoms with Crippen molar-refractivity contribution in [2.45, 2.75) is 13.0 Å². The maximum absolute atomic E-state index is 13.1. The summed E-state index contributed by atoms with van der Waals surface area (Å²) in [6.07, 6.45) is 0.760. The highest BCUT2D eigenvalue weighted by Crippen LogP contribution is 2.34. The zero-order valence-electron chi connectivity index (χ0n) is 14.3. The smallest absolute Gasteiger partial charge is 0.344 e. The van der Waals surface area contributed by atoms with E-state index in [4.69, 9.17) is 9.84 Å². The molecule has 6 heteroatoms. The quantitative estimate of drug-likeness (QED) is 0.500. The lowest BCUT2D eigenvalue weighted by Crippen LogP contribution is -2.22. The number of benzene rings is 2. The van der Waals surface area contributed by atoms with Gasteiger partial charge in [-0.1, -0.05) is 18.2 Å². The SMILES string of the molecule is C[C@@H](Oc1ccc2c(c1)c1ccnc3c4ccccc4c(=O)n2c13)C(=O)O. The molecule has 0 aliphatic carbocycles. The summed E-state index contributed by atoms with van der Waals surface area (Å²) in [7, 11) is 0. The van der Waals surface area contributed by atoms with Gasteiger partial charge in [0, 0.05) is 27.7 Å². The Morgan fingerprint density at radius 1 is 1.07 bits per heavy atom. The Morgan fingerprint density at radius 3 is 2.63 bits per heavy atom. The third kappa shape index (κ3) is 2.10. The van der Waals surface area contributed by atoms with Gasteiger partial charge in [-0.25, -0.2) is 4.79 Å². The molecule has 2 aromatic carbocycles. The first-order valence-corrected chi connectivity index (χ1v) is 8.53. The molecule has 0 aliphatic rings. The number of hydrogen-bond donors (Lipinski definition) is 1. The zero-order chi connectivity index (χ0) is 18.7. The van der Waals surface area contributed by atoms with Gasteiger partial charge in [0.05, 0.1) is 16.6 Å². The number of nitrogens with zero attached hydrogens (tertiary/aromatic N) is 2. The van der Waals surface area contributed by atoms with Crippen LogP contribution < -0.4 is 10.3 Å². The zero-order valence-corrected chi connectivity index (χ0v) is 14.3. The first-order valence-electron chi connectivity index (χ1n) is 8.53. The molecule has 0 saturated carbocycles. The summed E-state index contributed by atoms with van der Waals surface area (Å²) in [5, 5.41) is 12.2. The second-order valence-corrected chi connectivity index (χ2v) is 6.52. The predicted octanol–water partition coefficient (Wildman–Crippen LogP) is 3.44. The van der Waals surface area contributed by atoms with Gasteiger partial charge in [0.2, 0.25) is 0 Å². The van der Waals surface area contributed by atoms with E-state index in [1.807, 2.05) is 24.3 Å². The molecule has 1 atom stereocenters. The van der Waals surface area contributed by atoms with Crippen molar-refractivity contribution in [3.8, 4) is 5.75 Å². The molecule has 1 N–H and O–H groups in total. The number of hydrogen-bond acceptors (Lipinski definition) is 4. The number of carboxylic acids is 1. The van der Waals surface area contributed by atoms with Crippen molar-refractivity contribution in [1.82, 2.24) is 9.38 Å². The van der Waals surface area contributed by atoms with E-state index in [1.54, 1.807) is 34.9 Å².